The molecule has 0 saturated carbocycles. The number of nitrogens with two attached hydrogens (primary N) is 2. The maximum Gasteiger partial charge on any atom is 0.239 e. The Morgan fingerprint density at radius 3 is 2.00 bits per heavy atom. The average Bonchev–Trinajstić information content (AvgIpc) is 2.16. The van der Waals surface area contributed by atoms with Crippen molar-refractivity contribution in [3.8, 4) is 0 Å². The van der Waals surface area contributed by atoms with Gasteiger partial charge in [0.15, 0.2) is 0 Å². The largest absolute Gasteiger partial charge is 0.368 e. The summed E-state index contributed by atoms with van der Waals surface area (Å²) in [5.41, 5.74) is 9.89. The molecule has 1 saturated heterocycles. The van der Waals surface area contributed by atoms with E-state index in [1.54, 1.807) is 21.6 Å². The molecule has 0 radical (unpaired) electrons. The zero-order valence-electron chi connectivity index (χ0n) is 5.20. The molecular formula is C4H9ClN2OS2. The summed E-state index contributed by atoms with van der Waals surface area (Å²) in [5, 5.41) is 0. The van der Waals surface area contributed by atoms with Gasteiger partial charge in [-0.1, -0.05) is 21.6 Å². The van der Waals surface area contributed by atoms with Gasteiger partial charge in [0.25, 0.3) is 0 Å². The van der Waals surface area contributed by atoms with Gasteiger partial charge in [0.1, 0.15) is 5.54 Å². The molecular weight excluding hydrogens is 192 g/mol. The Morgan fingerprint density at radius 2 is 1.80 bits per heavy atom. The Balaban J connectivity index is 0.000000810. The molecule has 1 fully saturated rings. The van der Waals surface area contributed by atoms with Gasteiger partial charge in [0.05, 0.1) is 0 Å². The van der Waals surface area contributed by atoms with Gasteiger partial charge in [-0.15, -0.1) is 12.4 Å². The van der Waals surface area contributed by atoms with Crippen LogP contribution in [0.2, 0.25) is 0 Å². The molecule has 0 atom stereocenters. The van der Waals surface area contributed by atoms with Gasteiger partial charge in [-0.25, -0.2) is 0 Å². The van der Waals surface area contributed by atoms with Gasteiger partial charge in [0, 0.05) is 11.5 Å². The van der Waals surface area contributed by atoms with Crippen molar-refractivity contribution >= 4 is 39.9 Å². The molecule has 0 unspecified atom stereocenters. The summed E-state index contributed by atoms with van der Waals surface area (Å²) in [4.78, 5) is 10.6. The Bertz CT molecular complexity index is 137. The minimum Gasteiger partial charge on any atom is -0.368 e. The van der Waals surface area contributed by atoms with E-state index in [0.717, 1.165) is 0 Å². The van der Waals surface area contributed by atoms with Crippen LogP contribution in [0.3, 0.4) is 0 Å². The molecule has 0 aromatic carbocycles. The Morgan fingerprint density at radius 1 is 1.40 bits per heavy atom. The minimum absolute atomic E-state index is 0. The lowest BCUT2D eigenvalue weighted by Gasteiger charge is -2.15. The van der Waals surface area contributed by atoms with Crippen LogP contribution in [0.1, 0.15) is 0 Å². The normalized spacial score (nSPS) is 21.7. The summed E-state index contributed by atoms with van der Waals surface area (Å²) in [5.74, 6) is 0.903. The fourth-order valence-electron chi connectivity index (χ4n) is 0.478. The van der Waals surface area contributed by atoms with E-state index in [4.69, 9.17) is 11.5 Å². The van der Waals surface area contributed by atoms with Crippen molar-refractivity contribution in [3.63, 3.8) is 0 Å². The molecule has 60 valence electrons. The van der Waals surface area contributed by atoms with Gasteiger partial charge in [-0.2, -0.15) is 0 Å². The summed E-state index contributed by atoms with van der Waals surface area (Å²) in [6.45, 7) is 0. The highest BCUT2D eigenvalue weighted by atomic mass is 35.5. The first-order chi connectivity index (χ1) is 4.15. The summed E-state index contributed by atoms with van der Waals surface area (Å²) in [7, 11) is 3.20. The van der Waals surface area contributed by atoms with E-state index >= 15 is 0 Å². The van der Waals surface area contributed by atoms with Crippen LogP contribution < -0.4 is 11.5 Å². The van der Waals surface area contributed by atoms with E-state index in [0.29, 0.717) is 11.5 Å². The molecule has 0 spiro atoms. The van der Waals surface area contributed by atoms with E-state index in [1.807, 2.05) is 0 Å². The van der Waals surface area contributed by atoms with E-state index in [9.17, 15) is 4.79 Å². The summed E-state index contributed by atoms with van der Waals surface area (Å²) < 4.78 is 0. The molecule has 1 rings (SSSR count). The predicted molar refractivity (Wildman–Crippen MR) is 48.3 cm³/mol. The maximum atomic E-state index is 10.6. The van der Waals surface area contributed by atoms with Crippen LogP contribution in [0.4, 0.5) is 0 Å². The van der Waals surface area contributed by atoms with Crippen molar-refractivity contribution in [1.82, 2.24) is 0 Å². The molecule has 4 N–H and O–H groups in total. The second-order valence-corrected chi connectivity index (χ2v) is 4.51. The van der Waals surface area contributed by atoms with Crippen molar-refractivity contribution in [2.24, 2.45) is 11.5 Å². The van der Waals surface area contributed by atoms with Crippen molar-refractivity contribution < 1.29 is 4.79 Å². The number of rotatable bonds is 1. The van der Waals surface area contributed by atoms with E-state index in [1.165, 1.54) is 0 Å². The van der Waals surface area contributed by atoms with Gasteiger partial charge in [-0.3, -0.25) is 4.79 Å². The third kappa shape index (κ3) is 1.95. The Hall–Kier alpha value is 0.420. The zero-order valence-corrected chi connectivity index (χ0v) is 7.65. The van der Waals surface area contributed by atoms with Crippen molar-refractivity contribution in [2.75, 3.05) is 11.5 Å². The standard InChI is InChI=1S/C4H8N2OS2.ClH/c5-3(7)4(6)1-8-9-2-4;/h1-2,6H2,(H2,5,7);1H. The molecule has 0 aliphatic carbocycles. The second-order valence-electron chi connectivity index (χ2n) is 2.04. The Kier molecular flexibility index (Phi) is 3.86. The highest BCUT2D eigenvalue weighted by molar-refractivity contribution is 8.77. The average molecular weight is 201 g/mol. The van der Waals surface area contributed by atoms with Gasteiger partial charge >= 0.3 is 0 Å². The topological polar surface area (TPSA) is 69.1 Å². The highest BCUT2D eigenvalue weighted by Crippen LogP contribution is 2.35. The monoisotopic (exact) mass is 200 g/mol. The molecule has 0 bridgehead atoms. The smallest absolute Gasteiger partial charge is 0.239 e. The van der Waals surface area contributed by atoms with E-state index in [2.05, 4.69) is 0 Å². The van der Waals surface area contributed by atoms with Crippen molar-refractivity contribution in [1.29, 1.82) is 0 Å². The molecule has 10 heavy (non-hydrogen) atoms. The summed E-state index contributed by atoms with van der Waals surface area (Å²) >= 11 is 0. The second kappa shape index (κ2) is 3.71. The van der Waals surface area contributed by atoms with Gasteiger partial charge in [-0.05, 0) is 0 Å². The molecule has 0 aromatic rings. The van der Waals surface area contributed by atoms with Crippen molar-refractivity contribution in [3.05, 3.63) is 0 Å². The molecule has 6 heteroatoms. The lowest BCUT2D eigenvalue weighted by atomic mass is 10.1. The summed E-state index contributed by atoms with van der Waals surface area (Å²) in [6.07, 6.45) is 0. The van der Waals surface area contributed by atoms with Gasteiger partial charge < -0.3 is 11.5 Å². The SMILES string of the molecule is Cl.NC(=O)C1(N)CSSC1. The number of primary amides is 1. The molecule has 1 aliphatic rings. The van der Waals surface area contributed by atoms with E-state index < -0.39 is 5.54 Å². The number of hydrogen-bond acceptors (Lipinski definition) is 4. The number of carbonyl (C=O) groups excluding carboxylic acids is 1. The Labute approximate surface area is 73.5 Å². The molecule has 1 amide bonds. The van der Waals surface area contributed by atoms with Crippen LogP contribution in [-0.2, 0) is 4.79 Å². The van der Waals surface area contributed by atoms with Crippen LogP contribution in [0.5, 0.6) is 0 Å². The number of hydrogen-bond donors (Lipinski definition) is 2. The minimum atomic E-state index is -0.741. The molecule has 0 aromatic heterocycles. The lowest BCUT2D eigenvalue weighted by molar-refractivity contribution is -0.121. The highest BCUT2D eigenvalue weighted by Gasteiger charge is 2.36. The molecule has 1 aliphatic heterocycles. The number of amides is 1. The van der Waals surface area contributed by atoms with Crippen LogP contribution in [0, 0.1) is 0 Å². The summed E-state index contributed by atoms with van der Waals surface area (Å²) in [6, 6.07) is 0. The maximum absolute atomic E-state index is 10.6. The molecule has 3 nitrogen and oxygen atoms in total. The van der Waals surface area contributed by atoms with Crippen LogP contribution >= 0.6 is 34.0 Å². The fraction of sp³-hybridized carbons (Fsp3) is 0.750. The predicted octanol–water partition coefficient (Wildman–Crippen LogP) is -0.0140. The first kappa shape index (κ1) is 10.4. The first-order valence-electron chi connectivity index (χ1n) is 2.48. The number of halogens is 1. The van der Waals surface area contributed by atoms with Crippen LogP contribution in [0.25, 0.3) is 0 Å². The first-order valence-corrected chi connectivity index (χ1v) is 4.97. The lowest BCUT2D eigenvalue weighted by Crippen LogP contribution is -2.54. The van der Waals surface area contributed by atoms with Crippen molar-refractivity contribution in [2.45, 2.75) is 5.54 Å². The zero-order chi connectivity index (χ0) is 6.91. The van der Waals surface area contributed by atoms with Gasteiger partial charge in [0.2, 0.25) is 5.91 Å². The quantitative estimate of drug-likeness (QED) is 0.585. The van der Waals surface area contributed by atoms with Crippen LogP contribution in [0.15, 0.2) is 0 Å². The third-order valence-electron chi connectivity index (χ3n) is 1.21. The molecule has 1 heterocycles. The fourth-order valence-corrected chi connectivity index (χ4v) is 3.44. The van der Waals surface area contributed by atoms with Crippen LogP contribution in [-0.4, -0.2) is 23.0 Å². The van der Waals surface area contributed by atoms with E-state index in [-0.39, 0.29) is 18.3 Å². The number of carbonyl (C=O) groups is 1. The third-order valence-corrected chi connectivity index (χ3v) is 3.85.